The van der Waals surface area contributed by atoms with Crippen LogP contribution in [-0.2, 0) is 6.42 Å². The predicted molar refractivity (Wildman–Crippen MR) is 82.4 cm³/mol. The lowest BCUT2D eigenvalue weighted by Gasteiger charge is -1.99. The van der Waals surface area contributed by atoms with Crippen molar-refractivity contribution in [1.29, 1.82) is 0 Å². The van der Waals surface area contributed by atoms with Crippen molar-refractivity contribution in [2.45, 2.75) is 26.2 Å². The van der Waals surface area contributed by atoms with E-state index in [-0.39, 0.29) is 0 Å². The molecule has 0 saturated heterocycles. The summed E-state index contributed by atoms with van der Waals surface area (Å²) in [7, 11) is 0. The molecule has 0 unspecified atom stereocenters. The van der Waals surface area contributed by atoms with Crippen molar-refractivity contribution in [3.05, 3.63) is 20.9 Å². The zero-order valence-electron chi connectivity index (χ0n) is 10.3. The molecule has 1 N–H and O–H groups in total. The van der Waals surface area contributed by atoms with Crippen LogP contribution in [0.5, 0.6) is 0 Å². The topological polar surface area (TPSA) is 37.8 Å². The Morgan fingerprint density at radius 3 is 2.83 bits per heavy atom. The van der Waals surface area contributed by atoms with E-state index in [9.17, 15) is 0 Å². The fourth-order valence-electron chi connectivity index (χ4n) is 1.55. The molecule has 0 aliphatic heterocycles. The van der Waals surface area contributed by atoms with Gasteiger partial charge in [0, 0.05) is 6.42 Å². The number of aryl methyl sites for hydroxylation is 1. The van der Waals surface area contributed by atoms with Gasteiger partial charge in [-0.3, -0.25) is 0 Å². The van der Waals surface area contributed by atoms with Crippen molar-refractivity contribution in [3.63, 3.8) is 0 Å². The number of aromatic nitrogens is 2. The number of hydrogen-bond acceptors (Lipinski definition) is 5. The molecule has 0 aliphatic carbocycles. The standard InChI is InChI=1S/C12H16BrN3S2/c1-2-7-14-8-3-4-11-15-16-12(18-11)9-5-6-10(13)17-9/h5-6,14H,2-4,7-8H2,1H3. The molecule has 0 atom stereocenters. The van der Waals surface area contributed by atoms with E-state index in [1.165, 1.54) is 11.3 Å². The molecule has 0 bridgehead atoms. The van der Waals surface area contributed by atoms with E-state index in [4.69, 9.17) is 0 Å². The minimum absolute atomic E-state index is 1.01. The van der Waals surface area contributed by atoms with Crippen molar-refractivity contribution in [2.75, 3.05) is 13.1 Å². The van der Waals surface area contributed by atoms with Crippen LogP contribution < -0.4 is 5.32 Å². The molecule has 18 heavy (non-hydrogen) atoms. The van der Waals surface area contributed by atoms with Gasteiger partial charge >= 0.3 is 0 Å². The highest BCUT2D eigenvalue weighted by molar-refractivity contribution is 9.11. The molecule has 0 aromatic carbocycles. The van der Waals surface area contributed by atoms with E-state index in [1.54, 1.807) is 22.7 Å². The highest BCUT2D eigenvalue weighted by Crippen LogP contribution is 2.33. The summed E-state index contributed by atoms with van der Waals surface area (Å²) in [4.78, 5) is 1.19. The minimum atomic E-state index is 1.01. The summed E-state index contributed by atoms with van der Waals surface area (Å²) in [5, 5.41) is 14.1. The normalized spacial score (nSPS) is 11.0. The number of halogens is 1. The number of thiophene rings is 1. The highest BCUT2D eigenvalue weighted by atomic mass is 79.9. The second-order valence-corrected chi connectivity index (χ2v) is 7.48. The van der Waals surface area contributed by atoms with Gasteiger partial charge in [0.05, 0.1) is 8.66 Å². The molecule has 2 heterocycles. The van der Waals surface area contributed by atoms with E-state index >= 15 is 0 Å². The third-order valence-corrected chi connectivity index (χ3v) is 5.20. The molecule has 2 aromatic heterocycles. The third kappa shape index (κ3) is 4.12. The lowest BCUT2D eigenvalue weighted by Crippen LogP contribution is -2.16. The third-order valence-electron chi connectivity index (χ3n) is 2.42. The molecule has 2 rings (SSSR count). The van der Waals surface area contributed by atoms with E-state index in [0.717, 1.165) is 39.7 Å². The Bertz CT molecular complexity index is 481. The fraction of sp³-hybridized carbons (Fsp3) is 0.500. The summed E-state index contributed by atoms with van der Waals surface area (Å²) in [6, 6.07) is 4.14. The van der Waals surface area contributed by atoms with Gasteiger partial charge in [0.25, 0.3) is 0 Å². The first-order valence-electron chi connectivity index (χ1n) is 6.08. The van der Waals surface area contributed by atoms with Crippen LogP contribution in [0.1, 0.15) is 24.8 Å². The summed E-state index contributed by atoms with van der Waals surface area (Å²) >= 11 is 6.87. The number of nitrogens with zero attached hydrogens (tertiary/aromatic N) is 2. The van der Waals surface area contributed by atoms with Gasteiger partial charge in [-0.15, -0.1) is 21.5 Å². The summed E-state index contributed by atoms with van der Waals surface area (Å²) in [5.41, 5.74) is 0. The Hall–Kier alpha value is -0.300. The zero-order valence-corrected chi connectivity index (χ0v) is 13.5. The summed E-state index contributed by atoms with van der Waals surface area (Å²) < 4.78 is 1.14. The van der Waals surface area contributed by atoms with Crippen molar-refractivity contribution in [1.82, 2.24) is 15.5 Å². The average Bonchev–Trinajstić information content (AvgIpc) is 2.97. The number of nitrogens with one attached hydrogen (secondary N) is 1. The van der Waals surface area contributed by atoms with Crippen molar-refractivity contribution in [2.24, 2.45) is 0 Å². The Kier molecular flexibility index (Phi) is 5.75. The van der Waals surface area contributed by atoms with Gasteiger partial charge in [-0.1, -0.05) is 18.3 Å². The Balaban J connectivity index is 1.83. The summed E-state index contributed by atoms with van der Waals surface area (Å²) in [6.07, 6.45) is 3.33. The molecular formula is C12H16BrN3S2. The molecule has 0 aliphatic rings. The predicted octanol–water partition coefficient (Wildman–Crippen LogP) is 3.96. The van der Waals surface area contributed by atoms with Crippen molar-refractivity contribution >= 4 is 38.6 Å². The second-order valence-electron chi connectivity index (χ2n) is 3.96. The van der Waals surface area contributed by atoms with Crippen LogP contribution in [-0.4, -0.2) is 23.3 Å². The maximum absolute atomic E-state index is 4.25. The fourth-order valence-corrected chi connectivity index (χ4v) is 3.87. The first-order chi connectivity index (χ1) is 8.79. The Labute approximate surface area is 124 Å². The van der Waals surface area contributed by atoms with E-state index in [0.29, 0.717) is 0 Å². The molecule has 6 heteroatoms. The van der Waals surface area contributed by atoms with Crippen molar-refractivity contribution in [3.8, 4) is 9.88 Å². The van der Waals surface area contributed by atoms with Gasteiger partial charge in [-0.2, -0.15) is 0 Å². The maximum atomic E-state index is 4.25. The minimum Gasteiger partial charge on any atom is -0.317 e. The van der Waals surface area contributed by atoms with E-state index < -0.39 is 0 Å². The monoisotopic (exact) mass is 345 g/mol. The highest BCUT2D eigenvalue weighted by Gasteiger charge is 2.08. The average molecular weight is 346 g/mol. The zero-order chi connectivity index (χ0) is 12.8. The SMILES string of the molecule is CCCNCCCc1nnc(-c2ccc(Br)s2)s1. The van der Waals surface area contributed by atoms with Crippen molar-refractivity contribution < 1.29 is 0 Å². The van der Waals surface area contributed by atoms with Gasteiger partial charge in [0.2, 0.25) is 0 Å². The number of rotatable bonds is 7. The molecule has 2 aromatic rings. The smallest absolute Gasteiger partial charge is 0.157 e. The van der Waals surface area contributed by atoms with Crippen LogP contribution in [0.25, 0.3) is 9.88 Å². The lowest BCUT2D eigenvalue weighted by molar-refractivity contribution is 0.637. The van der Waals surface area contributed by atoms with Crippen LogP contribution in [0.2, 0.25) is 0 Å². The largest absolute Gasteiger partial charge is 0.317 e. The van der Waals surface area contributed by atoms with Gasteiger partial charge in [0.1, 0.15) is 5.01 Å². The molecule has 98 valence electrons. The molecule has 0 fully saturated rings. The quantitative estimate of drug-likeness (QED) is 0.771. The first kappa shape index (κ1) is 14.1. The first-order valence-corrected chi connectivity index (χ1v) is 8.51. The van der Waals surface area contributed by atoms with E-state index in [1.807, 2.05) is 0 Å². The van der Waals surface area contributed by atoms with E-state index in [2.05, 4.69) is 50.5 Å². The molecule has 0 spiro atoms. The van der Waals surface area contributed by atoms with Crippen LogP contribution in [0.4, 0.5) is 0 Å². The van der Waals surface area contributed by atoms with Gasteiger partial charge < -0.3 is 5.32 Å². The van der Waals surface area contributed by atoms with Crippen LogP contribution in [0.15, 0.2) is 15.9 Å². The van der Waals surface area contributed by atoms with Crippen LogP contribution in [0, 0.1) is 0 Å². The van der Waals surface area contributed by atoms with Crippen LogP contribution >= 0.6 is 38.6 Å². The molecule has 0 radical (unpaired) electrons. The van der Waals surface area contributed by atoms with Gasteiger partial charge in [-0.05, 0) is 54.0 Å². The van der Waals surface area contributed by atoms with Gasteiger partial charge in [0.15, 0.2) is 5.01 Å². The maximum Gasteiger partial charge on any atom is 0.157 e. The number of hydrogen-bond donors (Lipinski definition) is 1. The molecule has 3 nitrogen and oxygen atoms in total. The molecule has 0 amide bonds. The van der Waals surface area contributed by atoms with Gasteiger partial charge in [-0.25, -0.2) is 0 Å². The Morgan fingerprint density at radius 1 is 1.22 bits per heavy atom. The molecule has 0 saturated carbocycles. The second kappa shape index (κ2) is 7.33. The molecular weight excluding hydrogens is 330 g/mol. The lowest BCUT2D eigenvalue weighted by atomic mass is 10.3. The van der Waals surface area contributed by atoms with Crippen LogP contribution in [0.3, 0.4) is 0 Å². The summed E-state index contributed by atoms with van der Waals surface area (Å²) in [6.45, 7) is 4.35. The summed E-state index contributed by atoms with van der Waals surface area (Å²) in [5.74, 6) is 0. The Morgan fingerprint density at radius 2 is 2.11 bits per heavy atom.